The third-order valence-electron chi connectivity index (χ3n) is 8.99. The molecule has 4 fully saturated rings. The van der Waals surface area contributed by atoms with E-state index in [2.05, 4.69) is 19.5 Å². The first-order chi connectivity index (χ1) is 16.0. The van der Waals surface area contributed by atoms with Crippen LogP contribution in [0.3, 0.4) is 0 Å². The molecule has 1 aromatic carbocycles. The van der Waals surface area contributed by atoms with Gasteiger partial charge in [0.15, 0.2) is 17.2 Å². The number of anilines is 1. The maximum absolute atomic E-state index is 13.6. The zero-order valence-corrected chi connectivity index (χ0v) is 18.5. The van der Waals surface area contributed by atoms with Gasteiger partial charge in [0.2, 0.25) is 0 Å². The minimum atomic E-state index is -0.507. The first kappa shape index (κ1) is 19.4. The normalized spacial score (nSPS) is 34.2. The number of imidazole rings is 1. The predicted molar refractivity (Wildman–Crippen MR) is 122 cm³/mol. The fourth-order valence-corrected chi connectivity index (χ4v) is 8.28. The van der Waals surface area contributed by atoms with Crippen LogP contribution in [0.4, 0.5) is 5.82 Å². The van der Waals surface area contributed by atoms with Gasteiger partial charge in [-0.05, 0) is 67.8 Å². The summed E-state index contributed by atoms with van der Waals surface area (Å²) in [6.07, 6.45) is 11.0. The molecule has 7 heteroatoms. The predicted octanol–water partition coefficient (Wildman–Crippen LogP) is 3.72. The third-order valence-corrected chi connectivity index (χ3v) is 8.99. The highest BCUT2D eigenvalue weighted by Gasteiger charge is 2.59. The molecule has 4 saturated carbocycles. The van der Waals surface area contributed by atoms with Crippen molar-refractivity contribution < 1.29 is 9.59 Å². The highest BCUT2D eigenvalue weighted by molar-refractivity contribution is 6.14. The molecule has 7 nitrogen and oxygen atoms in total. The zero-order chi connectivity index (χ0) is 22.4. The Bertz CT molecular complexity index is 1310. The van der Waals surface area contributed by atoms with Crippen molar-refractivity contribution in [2.45, 2.75) is 56.9 Å². The quantitative estimate of drug-likeness (QED) is 0.619. The molecule has 2 N–H and O–H groups in total. The lowest BCUT2D eigenvalue weighted by Gasteiger charge is -2.62. The van der Waals surface area contributed by atoms with Crippen LogP contribution < -0.4 is 5.73 Å². The molecule has 3 atom stereocenters. The minimum Gasteiger partial charge on any atom is -0.382 e. The Morgan fingerprint density at radius 2 is 1.88 bits per heavy atom. The molecule has 2 aromatic heterocycles. The third kappa shape index (κ3) is 2.71. The van der Waals surface area contributed by atoms with Crippen LogP contribution in [0.1, 0.15) is 60.9 Å². The zero-order valence-electron chi connectivity index (χ0n) is 18.5. The Balaban J connectivity index is 1.22. The molecule has 0 aliphatic heterocycles. The van der Waals surface area contributed by atoms with Crippen molar-refractivity contribution in [3.8, 4) is 0 Å². The molecule has 5 aliphatic rings. The second-order valence-corrected chi connectivity index (χ2v) is 11.2. The Kier molecular flexibility index (Phi) is 3.81. The molecular formula is C26H27N5O2. The molecule has 0 saturated heterocycles. The first-order valence-corrected chi connectivity index (χ1v) is 12.0. The van der Waals surface area contributed by atoms with Gasteiger partial charge < -0.3 is 10.3 Å². The van der Waals surface area contributed by atoms with E-state index in [1.165, 1.54) is 12.7 Å². The van der Waals surface area contributed by atoms with Crippen molar-refractivity contribution in [3.63, 3.8) is 0 Å². The van der Waals surface area contributed by atoms with Crippen molar-refractivity contribution in [2.24, 2.45) is 23.2 Å². The lowest BCUT2D eigenvalue weighted by atomic mass is 9.45. The van der Waals surface area contributed by atoms with Crippen LogP contribution >= 0.6 is 0 Å². The number of Topliss-reactive ketones (excluding diaryl/α,β-unsaturated/α-hetero) is 2. The Morgan fingerprint density at radius 3 is 2.67 bits per heavy atom. The Labute approximate surface area is 191 Å². The largest absolute Gasteiger partial charge is 0.382 e. The highest BCUT2D eigenvalue weighted by atomic mass is 16.2. The number of benzene rings is 1. The molecule has 33 heavy (non-hydrogen) atoms. The van der Waals surface area contributed by atoms with Gasteiger partial charge in [0.05, 0.1) is 12.2 Å². The number of hydrogen-bond acceptors (Lipinski definition) is 6. The average Bonchev–Trinajstić information content (AvgIpc) is 3.36. The minimum absolute atomic E-state index is 0.0165. The van der Waals surface area contributed by atoms with E-state index in [4.69, 9.17) is 5.73 Å². The van der Waals surface area contributed by atoms with E-state index in [0.717, 1.165) is 48.9 Å². The van der Waals surface area contributed by atoms with Crippen molar-refractivity contribution in [1.82, 2.24) is 19.5 Å². The summed E-state index contributed by atoms with van der Waals surface area (Å²) in [6.45, 7) is 0. The molecule has 5 aliphatic carbocycles. The molecule has 4 bridgehead atoms. The van der Waals surface area contributed by atoms with Gasteiger partial charge in [0, 0.05) is 17.5 Å². The summed E-state index contributed by atoms with van der Waals surface area (Å²) in [7, 11) is 0. The number of nitrogen functional groups attached to an aromatic ring is 1. The summed E-state index contributed by atoms with van der Waals surface area (Å²) < 4.78 is 2.24. The molecule has 2 heterocycles. The summed E-state index contributed by atoms with van der Waals surface area (Å²) in [5.41, 5.74) is 9.16. The standard InChI is InChI=1S/C26H27N5O2/c27-23-21-24(29-13-28-23)31(14-30-21)26-9-15-5-16(10-26)8-25(7-15,12-26)11-20(32)19-6-17-3-1-2-4-18(17)22(19)33/h1-4,13-16,19H,5-12H2,(H2,27,28,29). The van der Waals surface area contributed by atoms with Gasteiger partial charge in [-0.15, -0.1) is 0 Å². The number of rotatable bonds is 4. The second-order valence-electron chi connectivity index (χ2n) is 11.2. The number of nitrogens with zero attached hydrogens (tertiary/aromatic N) is 4. The van der Waals surface area contributed by atoms with Crippen molar-refractivity contribution in [1.29, 1.82) is 0 Å². The van der Waals surface area contributed by atoms with E-state index >= 15 is 0 Å². The van der Waals surface area contributed by atoms with E-state index in [-0.39, 0.29) is 22.5 Å². The number of carbonyl (C=O) groups is 2. The molecule has 0 radical (unpaired) electrons. The lowest BCUT2D eigenvalue weighted by molar-refractivity contribution is -0.136. The van der Waals surface area contributed by atoms with Crippen molar-refractivity contribution >= 4 is 28.5 Å². The lowest BCUT2D eigenvalue weighted by Crippen LogP contribution is -2.57. The topological polar surface area (TPSA) is 104 Å². The Morgan fingerprint density at radius 1 is 1.09 bits per heavy atom. The second kappa shape index (κ2) is 6.49. The smallest absolute Gasteiger partial charge is 0.173 e. The summed E-state index contributed by atoms with van der Waals surface area (Å²) in [6, 6.07) is 7.69. The van der Waals surface area contributed by atoms with E-state index in [1.54, 1.807) is 0 Å². The van der Waals surface area contributed by atoms with Crippen LogP contribution in [0.2, 0.25) is 0 Å². The maximum atomic E-state index is 13.6. The first-order valence-electron chi connectivity index (χ1n) is 12.0. The summed E-state index contributed by atoms with van der Waals surface area (Å²) in [4.78, 5) is 39.8. The van der Waals surface area contributed by atoms with Crippen LogP contribution in [0.25, 0.3) is 11.2 Å². The number of nitrogens with two attached hydrogens (primary N) is 1. The number of carbonyl (C=O) groups excluding carboxylic acids is 2. The molecule has 3 aromatic rings. The van der Waals surface area contributed by atoms with Crippen LogP contribution in [0, 0.1) is 23.2 Å². The number of ketones is 2. The molecule has 3 unspecified atom stereocenters. The number of hydrogen-bond donors (Lipinski definition) is 1. The van der Waals surface area contributed by atoms with Gasteiger partial charge in [0.25, 0.3) is 0 Å². The summed E-state index contributed by atoms with van der Waals surface area (Å²) in [5, 5.41) is 0. The van der Waals surface area contributed by atoms with E-state index in [1.807, 2.05) is 30.6 Å². The van der Waals surface area contributed by atoms with E-state index < -0.39 is 5.92 Å². The molecule has 0 spiro atoms. The van der Waals surface area contributed by atoms with Gasteiger partial charge >= 0.3 is 0 Å². The summed E-state index contributed by atoms with van der Waals surface area (Å²) >= 11 is 0. The number of aromatic nitrogens is 4. The fourth-order valence-electron chi connectivity index (χ4n) is 8.28. The fraction of sp³-hybridized carbons (Fsp3) is 0.500. The Hall–Kier alpha value is -3.09. The maximum Gasteiger partial charge on any atom is 0.173 e. The average molecular weight is 442 g/mol. The van der Waals surface area contributed by atoms with Gasteiger partial charge in [-0.25, -0.2) is 15.0 Å². The highest BCUT2D eigenvalue weighted by Crippen LogP contribution is 2.65. The van der Waals surface area contributed by atoms with Gasteiger partial charge in [0.1, 0.15) is 17.6 Å². The van der Waals surface area contributed by atoms with Crippen LogP contribution in [-0.2, 0) is 16.8 Å². The van der Waals surface area contributed by atoms with Crippen molar-refractivity contribution in [2.75, 3.05) is 5.73 Å². The SMILES string of the molecule is Nc1ncnc2c1ncn2C12CC3CC(CC(CC(=O)C4Cc5ccccc5C4=O)(C3)C1)C2. The molecule has 168 valence electrons. The van der Waals surface area contributed by atoms with E-state index in [9.17, 15) is 9.59 Å². The van der Waals surface area contributed by atoms with Crippen LogP contribution in [-0.4, -0.2) is 31.1 Å². The molecule has 0 amide bonds. The van der Waals surface area contributed by atoms with Gasteiger partial charge in [-0.3, -0.25) is 9.59 Å². The van der Waals surface area contributed by atoms with E-state index in [0.29, 0.717) is 36.0 Å². The van der Waals surface area contributed by atoms with Gasteiger partial charge in [-0.2, -0.15) is 0 Å². The van der Waals surface area contributed by atoms with Crippen LogP contribution in [0.15, 0.2) is 36.9 Å². The monoisotopic (exact) mass is 441 g/mol. The summed E-state index contributed by atoms with van der Waals surface area (Å²) in [5.74, 6) is 1.26. The molecule has 8 rings (SSSR count). The van der Waals surface area contributed by atoms with Crippen molar-refractivity contribution in [3.05, 3.63) is 48.0 Å². The van der Waals surface area contributed by atoms with Crippen LogP contribution in [0.5, 0.6) is 0 Å². The van der Waals surface area contributed by atoms with Gasteiger partial charge in [-0.1, -0.05) is 24.3 Å². The number of fused-ring (bicyclic) bond motifs is 2. The molecular weight excluding hydrogens is 414 g/mol.